The maximum Gasteiger partial charge on any atom is 0.238 e. The van der Waals surface area contributed by atoms with Crippen LogP contribution in [0.25, 0.3) is 16.4 Å². The van der Waals surface area contributed by atoms with E-state index in [1.165, 1.54) is 36.0 Å². The highest BCUT2D eigenvalue weighted by molar-refractivity contribution is 8.00. The van der Waals surface area contributed by atoms with E-state index in [4.69, 9.17) is 5.14 Å². The number of aromatic nitrogens is 3. The third kappa shape index (κ3) is 4.91. The van der Waals surface area contributed by atoms with Crippen LogP contribution in [0.15, 0.2) is 82.2 Å². The Morgan fingerprint density at radius 1 is 1.06 bits per heavy atom. The second-order valence-electron chi connectivity index (χ2n) is 6.77. The van der Waals surface area contributed by atoms with E-state index < -0.39 is 15.3 Å². The molecule has 3 N–H and O–H groups in total. The summed E-state index contributed by atoms with van der Waals surface area (Å²) in [6.45, 7) is 1.77. The molecule has 0 aliphatic rings. The van der Waals surface area contributed by atoms with Gasteiger partial charge in [-0.15, -0.1) is 21.5 Å². The number of nitrogens with two attached hydrogens (primary N) is 1. The van der Waals surface area contributed by atoms with Gasteiger partial charge in [0.1, 0.15) is 0 Å². The van der Waals surface area contributed by atoms with Crippen LogP contribution in [0, 0.1) is 0 Å². The van der Waals surface area contributed by atoms with Crippen molar-refractivity contribution in [3.8, 4) is 16.4 Å². The molecule has 11 heteroatoms. The van der Waals surface area contributed by atoms with Gasteiger partial charge in [-0.1, -0.05) is 36.0 Å². The first-order valence-electron chi connectivity index (χ1n) is 9.48. The van der Waals surface area contributed by atoms with Crippen LogP contribution in [-0.4, -0.2) is 34.3 Å². The van der Waals surface area contributed by atoms with E-state index in [1.54, 1.807) is 18.3 Å². The summed E-state index contributed by atoms with van der Waals surface area (Å²) in [5.41, 5.74) is 1.37. The Labute approximate surface area is 193 Å². The zero-order chi connectivity index (χ0) is 22.7. The number of rotatable bonds is 7. The van der Waals surface area contributed by atoms with Crippen LogP contribution in [0.5, 0.6) is 0 Å². The molecule has 2 aromatic heterocycles. The van der Waals surface area contributed by atoms with Gasteiger partial charge in [-0.25, -0.2) is 13.6 Å². The normalized spacial score (nSPS) is 12.4. The molecule has 1 atom stereocenters. The highest BCUT2D eigenvalue weighted by Gasteiger charge is 2.22. The van der Waals surface area contributed by atoms with Crippen LogP contribution in [0.1, 0.15) is 6.92 Å². The lowest BCUT2D eigenvalue weighted by Crippen LogP contribution is -2.23. The number of nitrogens with one attached hydrogen (secondary N) is 1. The van der Waals surface area contributed by atoms with E-state index in [0.29, 0.717) is 16.7 Å². The smallest absolute Gasteiger partial charge is 0.238 e. The van der Waals surface area contributed by atoms with Gasteiger partial charge >= 0.3 is 0 Å². The molecule has 0 aliphatic carbocycles. The van der Waals surface area contributed by atoms with Crippen LogP contribution >= 0.6 is 23.1 Å². The molecule has 2 heterocycles. The molecule has 1 amide bonds. The van der Waals surface area contributed by atoms with Crippen molar-refractivity contribution < 1.29 is 13.2 Å². The Balaban J connectivity index is 1.55. The van der Waals surface area contributed by atoms with Crippen molar-refractivity contribution in [2.75, 3.05) is 5.32 Å². The minimum absolute atomic E-state index is 0.0185. The average molecular weight is 486 g/mol. The maximum atomic E-state index is 12.8. The number of benzene rings is 2. The fourth-order valence-electron chi connectivity index (χ4n) is 2.90. The number of amides is 1. The molecule has 164 valence electrons. The Bertz CT molecular complexity index is 1320. The Morgan fingerprint density at radius 3 is 2.41 bits per heavy atom. The van der Waals surface area contributed by atoms with E-state index in [0.717, 1.165) is 10.6 Å². The Morgan fingerprint density at radius 2 is 1.78 bits per heavy atom. The lowest BCUT2D eigenvalue weighted by molar-refractivity contribution is -0.115. The minimum atomic E-state index is -3.79. The topological polar surface area (TPSA) is 120 Å². The van der Waals surface area contributed by atoms with Gasteiger partial charge in [-0.05, 0) is 54.8 Å². The lowest BCUT2D eigenvalue weighted by Gasteiger charge is -2.14. The number of hydrogen-bond acceptors (Lipinski definition) is 7. The monoisotopic (exact) mass is 485 g/mol. The summed E-state index contributed by atoms with van der Waals surface area (Å²) in [5, 5.41) is 18.7. The fraction of sp³-hybridized carbons (Fsp3) is 0.0952. The Kier molecular flexibility index (Phi) is 6.42. The molecule has 0 radical (unpaired) electrons. The van der Waals surface area contributed by atoms with E-state index >= 15 is 0 Å². The number of carbonyl (C=O) groups is 1. The Hall–Kier alpha value is -2.99. The van der Waals surface area contributed by atoms with Crippen LogP contribution in [-0.2, 0) is 14.8 Å². The molecular weight excluding hydrogens is 466 g/mol. The summed E-state index contributed by atoms with van der Waals surface area (Å²) in [7, 11) is -3.79. The molecule has 0 fully saturated rings. The molecule has 0 unspecified atom stereocenters. The van der Waals surface area contributed by atoms with Gasteiger partial charge in [0.15, 0.2) is 11.0 Å². The van der Waals surface area contributed by atoms with Crippen LogP contribution in [0.3, 0.4) is 0 Å². The number of thioether (sulfide) groups is 1. The van der Waals surface area contributed by atoms with Crippen molar-refractivity contribution in [1.29, 1.82) is 0 Å². The second-order valence-corrected chi connectivity index (χ2v) is 10.6. The van der Waals surface area contributed by atoms with E-state index in [-0.39, 0.29) is 10.8 Å². The first-order valence-corrected chi connectivity index (χ1v) is 12.8. The average Bonchev–Trinajstić information content (AvgIpc) is 3.44. The van der Waals surface area contributed by atoms with Gasteiger partial charge in [0, 0.05) is 11.4 Å². The summed E-state index contributed by atoms with van der Waals surface area (Å²) < 4.78 is 24.7. The van der Waals surface area contributed by atoms with Crippen molar-refractivity contribution in [3.63, 3.8) is 0 Å². The van der Waals surface area contributed by atoms with Gasteiger partial charge in [0.2, 0.25) is 15.9 Å². The van der Waals surface area contributed by atoms with Gasteiger partial charge in [0.05, 0.1) is 15.0 Å². The zero-order valence-corrected chi connectivity index (χ0v) is 19.3. The van der Waals surface area contributed by atoms with Gasteiger partial charge < -0.3 is 5.32 Å². The molecule has 0 aliphatic heterocycles. The predicted octanol–water partition coefficient (Wildman–Crippen LogP) is 3.76. The third-order valence-corrected chi connectivity index (χ3v) is 7.33. The summed E-state index contributed by atoms with van der Waals surface area (Å²) in [6, 6.07) is 19.3. The van der Waals surface area contributed by atoms with E-state index in [1.807, 2.05) is 52.4 Å². The molecular formula is C21H19N5O3S3. The van der Waals surface area contributed by atoms with Crippen molar-refractivity contribution >= 4 is 44.7 Å². The highest BCUT2D eigenvalue weighted by atomic mass is 32.2. The molecule has 0 spiro atoms. The van der Waals surface area contributed by atoms with Gasteiger partial charge in [-0.3, -0.25) is 9.36 Å². The molecule has 32 heavy (non-hydrogen) atoms. The molecule has 8 nitrogen and oxygen atoms in total. The van der Waals surface area contributed by atoms with Gasteiger partial charge in [0.25, 0.3) is 0 Å². The number of primary sulfonamides is 1. The first-order chi connectivity index (χ1) is 15.3. The molecule has 0 saturated carbocycles. The first kappa shape index (κ1) is 22.2. The predicted molar refractivity (Wildman–Crippen MR) is 126 cm³/mol. The van der Waals surface area contributed by atoms with Crippen molar-refractivity contribution in [2.45, 2.75) is 22.2 Å². The van der Waals surface area contributed by atoms with Crippen LogP contribution in [0.4, 0.5) is 5.69 Å². The standard InChI is InChI=1S/C21H19N5O3S3/c1-14(20(27)23-15-9-11-17(12-10-15)32(22,28)29)31-21-25-24-19(18-8-5-13-30-18)26(21)16-6-3-2-4-7-16/h2-14H,1H3,(H,23,27)(H2,22,28,29)/t14-/m0/s1. The van der Waals surface area contributed by atoms with Crippen molar-refractivity contribution in [3.05, 3.63) is 72.1 Å². The van der Waals surface area contributed by atoms with E-state index in [2.05, 4.69) is 15.5 Å². The number of para-hydroxylation sites is 1. The summed E-state index contributed by atoms with van der Waals surface area (Å²) >= 11 is 2.85. The summed E-state index contributed by atoms with van der Waals surface area (Å²) in [6.07, 6.45) is 0. The minimum Gasteiger partial charge on any atom is -0.325 e. The molecule has 4 aromatic rings. The van der Waals surface area contributed by atoms with Crippen molar-refractivity contribution in [2.24, 2.45) is 5.14 Å². The molecule has 4 rings (SSSR count). The third-order valence-electron chi connectivity index (χ3n) is 4.49. The van der Waals surface area contributed by atoms with Crippen LogP contribution < -0.4 is 10.5 Å². The molecule has 2 aromatic carbocycles. The van der Waals surface area contributed by atoms with Crippen molar-refractivity contribution in [1.82, 2.24) is 14.8 Å². The quantitative estimate of drug-likeness (QED) is 0.385. The fourth-order valence-corrected chi connectivity index (χ4v) is 4.99. The number of anilines is 1. The number of hydrogen-bond donors (Lipinski definition) is 2. The number of thiophene rings is 1. The van der Waals surface area contributed by atoms with Gasteiger partial charge in [-0.2, -0.15) is 0 Å². The zero-order valence-electron chi connectivity index (χ0n) is 16.9. The van der Waals surface area contributed by atoms with Crippen LogP contribution in [0.2, 0.25) is 0 Å². The number of carbonyl (C=O) groups excluding carboxylic acids is 1. The summed E-state index contributed by atoms with van der Waals surface area (Å²) in [5.74, 6) is 0.457. The van der Waals surface area contributed by atoms with E-state index in [9.17, 15) is 13.2 Å². The SMILES string of the molecule is C[C@H](Sc1nnc(-c2cccs2)n1-c1ccccc1)C(=O)Nc1ccc(S(N)(=O)=O)cc1. The molecule has 0 saturated heterocycles. The second kappa shape index (κ2) is 9.25. The maximum absolute atomic E-state index is 12.8. The lowest BCUT2D eigenvalue weighted by atomic mass is 10.3. The number of nitrogens with zero attached hydrogens (tertiary/aromatic N) is 3. The highest BCUT2D eigenvalue weighted by Crippen LogP contribution is 2.32. The summed E-state index contributed by atoms with van der Waals surface area (Å²) in [4.78, 5) is 13.7. The largest absolute Gasteiger partial charge is 0.325 e. The number of sulfonamides is 1. The molecule has 0 bridgehead atoms.